The average molecular weight is 616 g/mol. The molecular formula is C35H48F3N3O3. The van der Waals surface area contributed by atoms with Crippen LogP contribution in [-0.2, 0) is 23.8 Å². The molecule has 0 saturated heterocycles. The molecule has 9 heteroatoms. The molecule has 0 saturated carbocycles. The molecule has 2 aromatic carbocycles. The Labute approximate surface area is 260 Å². The third-order valence-corrected chi connectivity index (χ3v) is 6.55. The van der Waals surface area contributed by atoms with E-state index in [1.54, 1.807) is 0 Å². The van der Waals surface area contributed by atoms with Crippen LogP contribution < -0.4 is 4.74 Å². The second-order valence-electron chi connectivity index (χ2n) is 10.6. The number of carbonyl (C=O) groups excluding carboxylic acids is 1. The van der Waals surface area contributed by atoms with Gasteiger partial charge in [0, 0.05) is 24.5 Å². The van der Waals surface area contributed by atoms with Crippen LogP contribution in [0.3, 0.4) is 0 Å². The molecule has 44 heavy (non-hydrogen) atoms. The predicted molar refractivity (Wildman–Crippen MR) is 172 cm³/mol. The third kappa shape index (κ3) is 14.2. The van der Waals surface area contributed by atoms with Crippen LogP contribution in [0.1, 0.15) is 82.3 Å². The van der Waals surface area contributed by atoms with Crippen molar-refractivity contribution >= 4 is 6.29 Å². The summed E-state index contributed by atoms with van der Waals surface area (Å²) in [4.78, 5) is 15.4. The van der Waals surface area contributed by atoms with E-state index >= 15 is 0 Å². The molecule has 242 valence electrons. The summed E-state index contributed by atoms with van der Waals surface area (Å²) < 4.78 is 44.0. The lowest BCUT2D eigenvalue weighted by atomic mass is 9.92. The van der Waals surface area contributed by atoms with E-state index in [0.717, 1.165) is 56.1 Å². The Hall–Kier alpha value is -3.72. The zero-order valence-electron chi connectivity index (χ0n) is 26.9. The highest BCUT2D eigenvalue weighted by atomic mass is 19.4. The van der Waals surface area contributed by atoms with Crippen LogP contribution in [0.2, 0.25) is 0 Å². The smallest absolute Gasteiger partial charge is 0.416 e. The number of hydrogen-bond acceptors (Lipinski definition) is 5. The van der Waals surface area contributed by atoms with E-state index in [0.29, 0.717) is 36.7 Å². The van der Waals surface area contributed by atoms with Gasteiger partial charge in [0.25, 0.3) is 0 Å². The van der Waals surface area contributed by atoms with E-state index in [-0.39, 0.29) is 5.41 Å². The predicted octanol–water partition coefficient (Wildman–Crippen LogP) is 8.89. The SMILES string of the molecule is C1=CCCC=CC1.CC.CO.Cc1cc(CCCc2nc(-c3ccc(C(F)(F)F)cc3)n[nH]2)ccc1OCCC(C)(C)C=O. The number of nitrogens with zero attached hydrogens (tertiary/aromatic N) is 2. The molecule has 1 aliphatic carbocycles. The number of halogens is 3. The number of alkyl halides is 3. The van der Waals surface area contributed by atoms with Gasteiger partial charge >= 0.3 is 6.18 Å². The molecule has 6 nitrogen and oxygen atoms in total. The Morgan fingerprint density at radius 2 is 1.59 bits per heavy atom. The highest BCUT2D eigenvalue weighted by Gasteiger charge is 2.30. The van der Waals surface area contributed by atoms with E-state index in [1.165, 1.54) is 30.5 Å². The van der Waals surface area contributed by atoms with Crippen molar-refractivity contribution in [3.63, 3.8) is 0 Å². The minimum absolute atomic E-state index is 0.383. The van der Waals surface area contributed by atoms with Gasteiger partial charge in [-0.25, -0.2) is 4.98 Å². The quantitative estimate of drug-likeness (QED) is 0.176. The van der Waals surface area contributed by atoms with Gasteiger partial charge in [0.1, 0.15) is 17.9 Å². The van der Waals surface area contributed by atoms with Crippen LogP contribution in [0.5, 0.6) is 5.75 Å². The molecule has 0 amide bonds. The molecule has 2 N–H and O–H groups in total. The van der Waals surface area contributed by atoms with Crippen LogP contribution in [0.4, 0.5) is 13.2 Å². The fourth-order valence-corrected chi connectivity index (χ4v) is 4.02. The summed E-state index contributed by atoms with van der Waals surface area (Å²) in [5, 5.41) is 14.0. The highest BCUT2D eigenvalue weighted by molar-refractivity contribution is 5.57. The third-order valence-electron chi connectivity index (χ3n) is 6.55. The number of rotatable bonds is 10. The monoisotopic (exact) mass is 615 g/mol. The number of carbonyl (C=O) groups is 1. The number of hydrogen-bond donors (Lipinski definition) is 2. The zero-order valence-corrected chi connectivity index (χ0v) is 26.9. The summed E-state index contributed by atoms with van der Waals surface area (Å²) >= 11 is 0. The van der Waals surface area contributed by atoms with Crippen molar-refractivity contribution in [1.29, 1.82) is 0 Å². The lowest BCUT2D eigenvalue weighted by molar-refractivity contribution is -0.137. The first-order valence-corrected chi connectivity index (χ1v) is 15.1. The fourth-order valence-electron chi connectivity index (χ4n) is 4.02. The number of aryl methyl sites for hydroxylation is 3. The van der Waals surface area contributed by atoms with Gasteiger partial charge in [0.05, 0.1) is 12.2 Å². The van der Waals surface area contributed by atoms with Gasteiger partial charge in [-0.2, -0.15) is 18.3 Å². The maximum atomic E-state index is 12.7. The number of benzene rings is 2. The van der Waals surface area contributed by atoms with Crippen LogP contribution in [0.15, 0.2) is 66.8 Å². The molecule has 0 bridgehead atoms. The summed E-state index contributed by atoms with van der Waals surface area (Å²) in [6, 6.07) is 10.9. The molecule has 0 fully saturated rings. The Balaban J connectivity index is 0.000000752. The van der Waals surface area contributed by atoms with Gasteiger partial charge in [-0.3, -0.25) is 5.10 Å². The van der Waals surface area contributed by atoms with Gasteiger partial charge in [-0.15, -0.1) is 0 Å². The normalized spacial score (nSPS) is 12.4. The van der Waals surface area contributed by atoms with E-state index in [9.17, 15) is 18.0 Å². The number of aromatic nitrogens is 3. The van der Waals surface area contributed by atoms with Crippen molar-refractivity contribution in [2.75, 3.05) is 13.7 Å². The maximum absolute atomic E-state index is 12.7. The molecule has 0 atom stereocenters. The number of aliphatic hydroxyl groups is 1. The lowest BCUT2D eigenvalue weighted by Gasteiger charge is -2.17. The largest absolute Gasteiger partial charge is 0.493 e. The number of H-pyrrole nitrogens is 1. The standard InChI is InChI=1S/C25H28F3N3O2.C7H10.C2H6.CH4O/c1-17-15-18(7-12-21(17)33-14-13-24(2,3)16-32)5-4-6-22-29-23(31-30-22)19-8-10-20(11-9-19)25(26,27)28;1-2-4-6-7-5-3-1;2*1-2/h7-12,15-16H,4-6,13-14H2,1-3H3,(H,29,30,31);1-2,5,7H,3-4,6H2;1-2H3;2H,1H3. The van der Waals surface area contributed by atoms with Crippen molar-refractivity contribution < 1.29 is 27.8 Å². The molecular weight excluding hydrogens is 567 g/mol. The Morgan fingerprint density at radius 1 is 0.955 bits per heavy atom. The molecule has 0 spiro atoms. The molecule has 1 aliphatic rings. The first-order valence-electron chi connectivity index (χ1n) is 15.1. The number of aromatic amines is 1. The Kier molecular flexibility index (Phi) is 17.7. The van der Waals surface area contributed by atoms with E-state index in [2.05, 4.69) is 45.6 Å². The average Bonchev–Trinajstić information content (AvgIpc) is 3.29. The molecule has 1 heterocycles. The van der Waals surface area contributed by atoms with Crippen molar-refractivity contribution in [2.45, 2.75) is 85.7 Å². The zero-order chi connectivity index (χ0) is 33.0. The number of allylic oxidation sites excluding steroid dienone is 4. The minimum Gasteiger partial charge on any atom is -0.493 e. The number of aliphatic hydroxyl groups excluding tert-OH is 1. The maximum Gasteiger partial charge on any atom is 0.416 e. The lowest BCUT2D eigenvalue weighted by Crippen LogP contribution is -2.17. The van der Waals surface area contributed by atoms with Crippen LogP contribution in [0, 0.1) is 12.3 Å². The second-order valence-corrected chi connectivity index (χ2v) is 10.6. The van der Waals surface area contributed by atoms with E-state index in [1.807, 2.05) is 46.8 Å². The molecule has 0 aliphatic heterocycles. The van der Waals surface area contributed by atoms with Crippen LogP contribution in [-0.4, -0.2) is 40.3 Å². The van der Waals surface area contributed by atoms with E-state index < -0.39 is 11.7 Å². The Morgan fingerprint density at radius 3 is 2.16 bits per heavy atom. The second kappa shape index (κ2) is 20.3. The molecule has 0 unspecified atom stereocenters. The summed E-state index contributed by atoms with van der Waals surface area (Å²) in [5.74, 6) is 1.89. The summed E-state index contributed by atoms with van der Waals surface area (Å²) in [6.45, 7) is 10.3. The molecule has 4 rings (SSSR count). The number of ether oxygens (including phenoxy) is 1. The van der Waals surface area contributed by atoms with Gasteiger partial charge in [-0.05, 0) is 74.8 Å². The van der Waals surface area contributed by atoms with Crippen molar-refractivity contribution in [3.8, 4) is 17.1 Å². The first-order chi connectivity index (χ1) is 21.1. The van der Waals surface area contributed by atoms with Crippen LogP contribution in [0.25, 0.3) is 11.4 Å². The van der Waals surface area contributed by atoms with Gasteiger partial charge < -0.3 is 14.6 Å². The first kappa shape index (κ1) is 38.3. The van der Waals surface area contributed by atoms with Crippen molar-refractivity contribution in [1.82, 2.24) is 15.2 Å². The minimum atomic E-state index is -4.36. The summed E-state index contributed by atoms with van der Waals surface area (Å²) in [5.41, 5.74) is 1.67. The topological polar surface area (TPSA) is 88.1 Å². The van der Waals surface area contributed by atoms with Gasteiger partial charge in [-0.1, -0.05) is 76.3 Å². The van der Waals surface area contributed by atoms with Gasteiger partial charge in [0.2, 0.25) is 0 Å². The summed E-state index contributed by atoms with van der Waals surface area (Å²) in [6.07, 6.45) is 12.1. The fraction of sp³-hybridized carbons (Fsp3) is 0.457. The van der Waals surface area contributed by atoms with Gasteiger partial charge in [0.15, 0.2) is 5.82 Å². The van der Waals surface area contributed by atoms with E-state index in [4.69, 9.17) is 9.84 Å². The number of aldehydes is 1. The van der Waals surface area contributed by atoms with Crippen molar-refractivity contribution in [2.24, 2.45) is 5.41 Å². The highest BCUT2D eigenvalue weighted by Crippen LogP contribution is 2.30. The van der Waals surface area contributed by atoms with Crippen molar-refractivity contribution in [3.05, 3.63) is 89.3 Å². The Bertz CT molecular complexity index is 1270. The van der Waals surface area contributed by atoms with Crippen LogP contribution >= 0.6 is 0 Å². The molecule has 3 aromatic rings. The molecule has 1 aromatic heterocycles. The molecule has 0 radical (unpaired) electrons. The summed E-state index contributed by atoms with van der Waals surface area (Å²) in [7, 11) is 1.00. The number of nitrogens with one attached hydrogen (secondary N) is 1.